The monoisotopic (exact) mass is 323 g/mol. The highest BCUT2D eigenvalue weighted by molar-refractivity contribution is 7.89. The van der Waals surface area contributed by atoms with Gasteiger partial charge in [0.2, 0.25) is 10.0 Å². The van der Waals surface area contributed by atoms with E-state index in [0.717, 1.165) is 0 Å². The van der Waals surface area contributed by atoms with Crippen LogP contribution in [0, 0.1) is 0 Å². The zero-order valence-electron chi connectivity index (χ0n) is 10.2. The molecule has 20 heavy (non-hydrogen) atoms. The molecule has 4 N–H and O–H groups in total. The van der Waals surface area contributed by atoms with Crippen LogP contribution in [0.1, 0.15) is 11.7 Å². The van der Waals surface area contributed by atoms with Crippen LogP contribution < -0.4 is 4.72 Å². The van der Waals surface area contributed by atoms with Gasteiger partial charge in [0.15, 0.2) is 0 Å². The Bertz CT molecular complexity index is 559. The van der Waals surface area contributed by atoms with Crippen molar-refractivity contribution in [1.82, 2.24) is 4.72 Å². The maximum absolute atomic E-state index is 11.7. The molecule has 0 fully saturated rings. The van der Waals surface area contributed by atoms with Crippen molar-refractivity contribution in [3.63, 3.8) is 0 Å². The van der Waals surface area contributed by atoms with Crippen LogP contribution in [0.4, 0.5) is 0 Å². The van der Waals surface area contributed by atoms with Gasteiger partial charge in [-0.2, -0.15) is 4.72 Å². The highest BCUT2D eigenvalue weighted by Gasteiger charge is 2.19. The van der Waals surface area contributed by atoms with E-state index in [0.29, 0.717) is 5.56 Å². The second-order valence-electron chi connectivity index (χ2n) is 3.95. The molecule has 0 aliphatic carbocycles. The number of aliphatic hydroxyl groups is 2. The van der Waals surface area contributed by atoms with Gasteiger partial charge in [0.25, 0.3) is 0 Å². The van der Waals surface area contributed by atoms with E-state index in [4.69, 9.17) is 16.7 Å². The first-order valence-electron chi connectivity index (χ1n) is 5.51. The summed E-state index contributed by atoms with van der Waals surface area (Å²) in [5.74, 6) is -1.47. The van der Waals surface area contributed by atoms with Gasteiger partial charge in [0.1, 0.15) is 12.6 Å². The average molecular weight is 324 g/mol. The Morgan fingerprint density at radius 1 is 1.25 bits per heavy atom. The van der Waals surface area contributed by atoms with E-state index < -0.39 is 34.7 Å². The number of aliphatic hydroxyl groups excluding tert-OH is 2. The zero-order chi connectivity index (χ0) is 15.3. The number of hydrogen-bond donors (Lipinski definition) is 4. The highest BCUT2D eigenvalue weighted by atomic mass is 35.5. The predicted molar refractivity (Wildman–Crippen MR) is 71.0 cm³/mol. The molecule has 0 aliphatic rings. The van der Waals surface area contributed by atoms with Crippen LogP contribution in [0.5, 0.6) is 0 Å². The fourth-order valence-electron chi connectivity index (χ4n) is 1.39. The van der Waals surface area contributed by atoms with E-state index in [-0.39, 0.29) is 10.8 Å². The number of carbonyl (C=O) groups is 1. The highest BCUT2D eigenvalue weighted by Crippen LogP contribution is 2.19. The van der Waals surface area contributed by atoms with Gasteiger partial charge in [-0.15, -0.1) is 11.6 Å². The van der Waals surface area contributed by atoms with Crippen molar-refractivity contribution in [2.24, 2.45) is 0 Å². The maximum atomic E-state index is 11.7. The molecule has 2 unspecified atom stereocenters. The lowest BCUT2D eigenvalue weighted by Crippen LogP contribution is -2.29. The van der Waals surface area contributed by atoms with Gasteiger partial charge in [-0.05, 0) is 17.7 Å². The molecule has 0 aliphatic heterocycles. The van der Waals surface area contributed by atoms with Crippen LogP contribution in [0.15, 0.2) is 29.2 Å². The third-order valence-corrected chi connectivity index (χ3v) is 4.20. The number of halogens is 1. The number of rotatable bonds is 7. The summed E-state index contributed by atoms with van der Waals surface area (Å²) < 4.78 is 25.3. The van der Waals surface area contributed by atoms with Crippen LogP contribution in [-0.2, 0) is 14.8 Å². The number of sulfonamides is 1. The fourth-order valence-corrected chi connectivity index (χ4v) is 2.53. The van der Waals surface area contributed by atoms with Gasteiger partial charge in [0.05, 0.1) is 16.9 Å². The maximum Gasteiger partial charge on any atom is 0.318 e. The first-order valence-corrected chi connectivity index (χ1v) is 7.53. The third kappa shape index (κ3) is 4.43. The van der Waals surface area contributed by atoms with Crippen molar-refractivity contribution in [1.29, 1.82) is 0 Å². The van der Waals surface area contributed by atoms with Crippen molar-refractivity contribution in [3.8, 4) is 0 Å². The van der Waals surface area contributed by atoms with Crippen molar-refractivity contribution < 1.29 is 28.5 Å². The molecule has 0 amide bonds. The predicted octanol–water partition coefficient (Wildman–Crippen LogP) is -0.317. The molecule has 1 rings (SSSR count). The van der Waals surface area contributed by atoms with Crippen LogP contribution in [0.25, 0.3) is 0 Å². The van der Waals surface area contributed by atoms with Gasteiger partial charge in [-0.1, -0.05) is 12.1 Å². The summed E-state index contributed by atoms with van der Waals surface area (Å²) in [6.07, 6.45) is -2.39. The quantitative estimate of drug-likeness (QED) is 0.510. The second-order valence-corrected chi connectivity index (χ2v) is 6.03. The molecule has 9 heteroatoms. The van der Waals surface area contributed by atoms with Gasteiger partial charge >= 0.3 is 5.97 Å². The molecule has 0 heterocycles. The lowest BCUT2D eigenvalue weighted by atomic mass is 10.1. The van der Waals surface area contributed by atoms with Crippen molar-refractivity contribution >= 4 is 27.6 Å². The van der Waals surface area contributed by atoms with Gasteiger partial charge in [0, 0.05) is 0 Å². The third-order valence-electron chi connectivity index (χ3n) is 2.47. The Balaban J connectivity index is 2.88. The van der Waals surface area contributed by atoms with E-state index in [2.05, 4.69) is 0 Å². The zero-order valence-corrected chi connectivity index (χ0v) is 11.8. The minimum Gasteiger partial charge on any atom is -0.480 e. The molecule has 0 spiro atoms. The minimum absolute atomic E-state index is 0.143. The standard InChI is InChI=1S/C11H14ClNO6S/c12-5-9(14)11(17)7-1-3-8(4-2-7)20(18,19)13-6-10(15)16/h1-4,9,11,13-14,17H,5-6H2,(H,15,16). The molecular formula is C11H14ClNO6S. The Kier molecular flexibility index (Phi) is 5.90. The van der Waals surface area contributed by atoms with Crippen LogP contribution in [-0.4, -0.2) is 48.2 Å². The average Bonchev–Trinajstić information content (AvgIpc) is 2.43. The molecule has 1 aromatic rings. The van der Waals surface area contributed by atoms with Crippen LogP contribution in [0.3, 0.4) is 0 Å². The number of carboxylic acids is 1. The van der Waals surface area contributed by atoms with E-state index in [1.165, 1.54) is 24.3 Å². The lowest BCUT2D eigenvalue weighted by Gasteiger charge is -2.16. The number of alkyl halides is 1. The largest absolute Gasteiger partial charge is 0.480 e. The number of hydrogen-bond acceptors (Lipinski definition) is 5. The Morgan fingerprint density at radius 2 is 1.80 bits per heavy atom. The molecule has 1 aromatic carbocycles. The van der Waals surface area contributed by atoms with Gasteiger partial charge in [-0.25, -0.2) is 8.42 Å². The minimum atomic E-state index is -3.92. The summed E-state index contributed by atoms with van der Waals surface area (Å²) in [7, 11) is -3.92. The van der Waals surface area contributed by atoms with E-state index in [1.54, 1.807) is 0 Å². The van der Waals surface area contributed by atoms with Crippen molar-refractivity contribution in [2.45, 2.75) is 17.1 Å². The molecule has 0 saturated carbocycles. The Hall–Kier alpha value is -1.19. The first kappa shape index (κ1) is 16.9. The molecule has 0 saturated heterocycles. The number of benzene rings is 1. The van der Waals surface area contributed by atoms with Gasteiger partial charge < -0.3 is 15.3 Å². The number of nitrogens with one attached hydrogen (secondary N) is 1. The summed E-state index contributed by atoms with van der Waals surface area (Å²) in [6, 6.07) is 5.03. The summed E-state index contributed by atoms with van der Waals surface area (Å²) in [4.78, 5) is 10.2. The smallest absolute Gasteiger partial charge is 0.318 e. The van der Waals surface area contributed by atoms with E-state index in [9.17, 15) is 23.4 Å². The fraction of sp³-hybridized carbons (Fsp3) is 0.364. The van der Waals surface area contributed by atoms with Crippen molar-refractivity contribution in [3.05, 3.63) is 29.8 Å². The molecule has 7 nitrogen and oxygen atoms in total. The summed E-state index contributed by atoms with van der Waals surface area (Å²) >= 11 is 5.40. The molecule has 2 atom stereocenters. The number of carboxylic acid groups (broad SMARTS) is 1. The topological polar surface area (TPSA) is 124 Å². The Labute approximate surface area is 120 Å². The van der Waals surface area contributed by atoms with E-state index >= 15 is 0 Å². The van der Waals surface area contributed by atoms with Gasteiger partial charge in [-0.3, -0.25) is 4.79 Å². The Morgan fingerprint density at radius 3 is 2.25 bits per heavy atom. The molecule has 0 bridgehead atoms. The summed E-state index contributed by atoms with van der Waals surface area (Å²) in [5, 5.41) is 27.5. The van der Waals surface area contributed by atoms with E-state index in [1.807, 2.05) is 4.72 Å². The number of aliphatic carboxylic acids is 1. The summed E-state index contributed by atoms with van der Waals surface area (Å²) in [5.41, 5.74) is 0.301. The van der Waals surface area contributed by atoms with Crippen molar-refractivity contribution in [2.75, 3.05) is 12.4 Å². The molecule has 112 valence electrons. The molecule has 0 aromatic heterocycles. The second kappa shape index (κ2) is 7.00. The van der Waals surface area contributed by atoms with Crippen LogP contribution >= 0.6 is 11.6 Å². The molecular weight excluding hydrogens is 310 g/mol. The molecule has 0 radical (unpaired) electrons. The SMILES string of the molecule is O=C(O)CNS(=O)(=O)c1ccc(C(O)C(O)CCl)cc1. The van der Waals surface area contributed by atoms with Crippen LogP contribution in [0.2, 0.25) is 0 Å². The lowest BCUT2D eigenvalue weighted by molar-refractivity contribution is -0.135. The first-order chi connectivity index (χ1) is 9.27. The normalized spacial score (nSPS) is 14.8. The summed E-state index contributed by atoms with van der Waals surface area (Å²) in [6.45, 7) is -0.725.